The van der Waals surface area contributed by atoms with E-state index in [4.69, 9.17) is 11.6 Å². The number of aromatic hydroxyl groups is 1. The van der Waals surface area contributed by atoms with Crippen molar-refractivity contribution in [1.82, 2.24) is 10.6 Å². The molecule has 1 unspecified atom stereocenters. The van der Waals surface area contributed by atoms with Crippen LogP contribution in [0.15, 0.2) is 35.3 Å². The number of aliphatic hydroxyl groups excluding tert-OH is 1. The van der Waals surface area contributed by atoms with Crippen molar-refractivity contribution >= 4 is 28.9 Å². The highest BCUT2D eigenvalue weighted by Crippen LogP contribution is 2.26. The molecule has 0 saturated carbocycles. The topological polar surface area (TPSA) is 76.9 Å². The van der Waals surface area contributed by atoms with Crippen LogP contribution >= 0.6 is 22.9 Å². The van der Waals surface area contributed by atoms with Gasteiger partial charge in [-0.2, -0.15) is 0 Å². The summed E-state index contributed by atoms with van der Waals surface area (Å²) in [5, 5.41) is 25.4. The lowest BCUT2D eigenvalue weighted by Crippen LogP contribution is -2.39. The van der Waals surface area contributed by atoms with E-state index in [9.17, 15) is 14.6 Å². The van der Waals surface area contributed by atoms with E-state index in [1.807, 2.05) is 6.92 Å². The molecule has 8 heteroatoms. The fourth-order valence-electron chi connectivity index (χ4n) is 1.96. The Bertz CT molecular complexity index is 708. The number of nitrogens with zero attached hydrogens (tertiary/aromatic N) is 1. The van der Waals surface area contributed by atoms with Crippen LogP contribution < -0.4 is 10.6 Å². The number of hydrogen-bond donors (Lipinski definition) is 4. The lowest BCUT2D eigenvalue weighted by atomic mass is 10.2. The molecule has 24 heavy (non-hydrogen) atoms. The van der Waals surface area contributed by atoms with Crippen LogP contribution in [0.3, 0.4) is 0 Å². The van der Waals surface area contributed by atoms with E-state index in [1.165, 1.54) is 23.5 Å². The van der Waals surface area contributed by atoms with Crippen molar-refractivity contribution in [2.24, 2.45) is 4.99 Å². The molecule has 1 aromatic carbocycles. The first-order chi connectivity index (χ1) is 11.5. The first-order valence-electron chi connectivity index (χ1n) is 7.42. The molecule has 1 heterocycles. The van der Waals surface area contributed by atoms with E-state index < -0.39 is 11.9 Å². The Balaban J connectivity index is 1.96. The van der Waals surface area contributed by atoms with E-state index in [-0.39, 0.29) is 18.8 Å². The second-order valence-electron chi connectivity index (χ2n) is 5.02. The first-order valence-corrected chi connectivity index (χ1v) is 8.62. The van der Waals surface area contributed by atoms with Crippen molar-refractivity contribution in [2.75, 3.05) is 13.1 Å². The first kappa shape index (κ1) is 18.5. The van der Waals surface area contributed by atoms with Gasteiger partial charge in [-0.25, -0.2) is 9.38 Å². The average molecular weight is 372 g/mol. The molecule has 0 aliphatic heterocycles. The Labute approximate surface area is 148 Å². The van der Waals surface area contributed by atoms with Crippen LogP contribution in [0.4, 0.5) is 4.39 Å². The molecule has 1 aromatic heterocycles. The van der Waals surface area contributed by atoms with E-state index in [1.54, 1.807) is 18.2 Å². The molecular weight excluding hydrogens is 353 g/mol. The second kappa shape index (κ2) is 8.86. The van der Waals surface area contributed by atoms with Gasteiger partial charge in [0.2, 0.25) is 0 Å². The summed E-state index contributed by atoms with van der Waals surface area (Å²) in [6.07, 6.45) is -0.697. The molecule has 4 N–H and O–H groups in total. The van der Waals surface area contributed by atoms with Crippen LogP contribution in [0.2, 0.25) is 4.34 Å². The summed E-state index contributed by atoms with van der Waals surface area (Å²) in [5.74, 6) is -0.552. The lowest BCUT2D eigenvalue weighted by molar-refractivity contribution is 0.184. The van der Waals surface area contributed by atoms with Crippen molar-refractivity contribution in [2.45, 2.75) is 19.6 Å². The molecule has 130 valence electrons. The highest BCUT2D eigenvalue weighted by molar-refractivity contribution is 7.16. The van der Waals surface area contributed by atoms with Gasteiger partial charge < -0.3 is 20.8 Å². The molecule has 2 aromatic rings. The van der Waals surface area contributed by atoms with Crippen molar-refractivity contribution in [3.05, 3.63) is 50.9 Å². The van der Waals surface area contributed by atoms with Crippen LogP contribution in [0.25, 0.3) is 0 Å². The zero-order valence-corrected chi connectivity index (χ0v) is 14.7. The molecule has 0 saturated heterocycles. The Kier molecular flexibility index (Phi) is 6.84. The van der Waals surface area contributed by atoms with Crippen molar-refractivity contribution in [3.63, 3.8) is 0 Å². The maximum absolute atomic E-state index is 13.3. The average Bonchev–Trinajstić information content (AvgIpc) is 2.99. The summed E-state index contributed by atoms with van der Waals surface area (Å²) in [7, 11) is 0. The number of aliphatic imine (C=N–C) groups is 1. The number of guanidine groups is 1. The van der Waals surface area contributed by atoms with Gasteiger partial charge in [-0.3, -0.25) is 0 Å². The fraction of sp³-hybridized carbons (Fsp3) is 0.312. The molecule has 0 aliphatic carbocycles. The minimum absolute atomic E-state index is 0.244. The molecule has 1 atom stereocenters. The molecule has 5 nitrogen and oxygen atoms in total. The Morgan fingerprint density at radius 3 is 2.75 bits per heavy atom. The SMILES string of the molecule is CCNC(=NCc1ccc(O)c(F)c1)NCC(O)c1ccc(Cl)s1. The van der Waals surface area contributed by atoms with Gasteiger partial charge >= 0.3 is 0 Å². The van der Waals surface area contributed by atoms with Crippen LogP contribution in [0.5, 0.6) is 5.75 Å². The van der Waals surface area contributed by atoms with Gasteiger partial charge in [0.05, 0.1) is 10.9 Å². The maximum atomic E-state index is 13.3. The van der Waals surface area contributed by atoms with Crippen LogP contribution in [-0.4, -0.2) is 29.3 Å². The number of phenols is 1. The summed E-state index contributed by atoms with van der Waals surface area (Å²) >= 11 is 7.18. The van der Waals surface area contributed by atoms with Crippen molar-refractivity contribution < 1.29 is 14.6 Å². The lowest BCUT2D eigenvalue weighted by Gasteiger charge is -2.14. The van der Waals surface area contributed by atoms with E-state index >= 15 is 0 Å². The van der Waals surface area contributed by atoms with Crippen LogP contribution in [0.1, 0.15) is 23.5 Å². The Morgan fingerprint density at radius 1 is 1.33 bits per heavy atom. The van der Waals surface area contributed by atoms with Gasteiger partial charge in [0.15, 0.2) is 17.5 Å². The number of benzene rings is 1. The number of thiophene rings is 1. The van der Waals surface area contributed by atoms with Gasteiger partial charge in [0.25, 0.3) is 0 Å². The molecule has 2 rings (SSSR count). The fourth-order valence-corrected chi connectivity index (χ4v) is 3.01. The predicted octanol–water partition coefficient (Wildman–Crippen LogP) is 3.03. The molecule has 0 spiro atoms. The number of phenolic OH excluding ortho intramolecular Hbond substituents is 1. The number of rotatable bonds is 6. The quantitative estimate of drug-likeness (QED) is 0.465. The number of aliphatic hydroxyl groups is 1. The molecule has 0 aliphatic rings. The van der Waals surface area contributed by atoms with Crippen LogP contribution in [-0.2, 0) is 6.54 Å². The molecule has 0 amide bonds. The second-order valence-corrected chi connectivity index (χ2v) is 6.77. The van der Waals surface area contributed by atoms with Crippen LogP contribution in [0, 0.1) is 5.82 Å². The normalized spacial score (nSPS) is 12.9. The van der Waals surface area contributed by atoms with Gasteiger partial charge in [0.1, 0.15) is 6.10 Å². The monoisotopic (exact) mass is 371 g/mol. The predicted molar refractivity (Wildman–Crippen MR) is 95.2 cm³/mol. The third-order valence-electron chi connectivity index (χ3n) is 3.16. The minimum Gasteiger partial charge on any atom is -0.505 e. The zero-order chi connectivity index (χ0) is 17.5. The largest absolute Gasteiger partial charge is 0.505 e. The minimum atomic E-state index is -0.697. The number of halogens is 2. The summed E-state index contributed by atoms with van der Waals surface area (Å²) < 4.78 is 13.9. The molecule has 0 radical (unpaired) electrons. The third-order valence-corrected chi connectivity index (χ3v) is 4.49. The van der Waals surface area contributed by atoms with Gasteiger partial charge in [-0.15, -0.1) is 11.3 Å². The highest BCUT2D eigenvalue weighted by atomic mass is 35.5. The van der Waals surface area contributed by atoms with E-state index in [2.05, 4.69) is 15.6 Å². The van der Waals surface area contributed by atoms with E-state index in [0.29, 0.717) is 22.4 Å². The van der Waals surface area contributed by atoms with Gasteiger partial charge in [-0.05, 0) is 36.8 Å². The summed E-state index contributed by atoms with van der Waals surface area (Å²) in [4.78, 5) is 5.11. The zero-order valence-electron chi connectivity index (χ0n) is 13.1. The maximum Gasteiger partial charge on any atom is 0.191 e. The molecular formula is C16H19ClFN3O2S. The Morgan fingerprint density at radius 2 is 2.12 bits per heavy atom. The van der Waals surface area contributed by atoms with Crippen molar-refractivity contribution in [1.29, 1.82) is 0 Å². The third kappa shape index (κ3) is 5.36. The summed E-state index contributed by atoms with van der Waals surface area (Å²) in [6, 6.07) is 7.66. The van der Waals surface area contributed by atoms with Gasteiger partial charge in [0, 0.05) is 18.0 Å². The van der Waals surface area contributed by atoms with E-state index in [0.717, 1.165) is 4.88 Å². The summed E-state index contributed by atoms with van der Waals surface area (Å²) in [6.45, 7) is 3.09. The van der Waals surface area contributed by atoms with Gasteiger partial charge in [-0.1, -0.05) is 17.7 Å². The standard InChI is InChI=1S/C16H19ClFN3O2S/c1-2-19-16(20-8-10-3-4-12(22)11(18)7-10)21-9-13(23)14-5-6-15(17)24-14/h3-7,13,22-23H,2,8-9H2,1H3,(H2,19,20,21). The number of hydrogen-bond acceptors (Lipinski definition) is 4. The highest BCUT2D eigenvalue weighted by Gasteiger charge is 2.11. The Hall–Kier alpha value is -1.83. The summed E-state index contributed by atoms with van der Waals surface area (Å²) in [5.41, 5.74) is 0.632. The molecule has 0 fully saturated rings. The smallest absolute Gasteiger partial charge is 0.191 e. The number of nitrogens with one attached hydrogen (secondary N) is 2. The molecule has 0 bridgehead atoms. The van der Waals surface area contributed by atoms with Crippen molar-refractivity contribution in [3.8, 4) is 5.75 Å².